The summed E-state index contributed by atoms with van der Waals surface area (Å²) in [4.78, 5) is 21.0. The molecule has 0 aliphatic rings. The number of ether oxygens (including phenoxy) is 1. The molecule has 0 unspecified atom stereocenters. The van der Waals surface area contributed by atoms with Gasteiger partial charge in [-0.1, -0.05) is 5.16 Å². The second-order valence-electron chi connectivity index (χ2n) is 6.24. The Bertz CT molecular complexity index is 1160. The fourth-order valence-corrected chi connectivity index (χ4v) is 3.36. The van der Waals surface area contributed by atoms with Gasteiger partial charge >= 0.3 is 0 Å². The molecule has 3 aromatic heterocycles. The fourth-order valence-electron chi connectivity index (χ4n) is 3.36. The molecule has 0 spiro atoms. The minimum atomic E-state index is -0.123. The van der Waals surface area contributed by atoms with Crippen LogP contribution < -0.4 is 10.3 Å². The van der Waals surface area contributed by atoms with Gasteiger partial charge in [-0.25, -0.2) is 9.97 Å². The number of fused-ring (bicyclic) bond motifs is 1. The summed E-state index contributed by atoms with van der Waals surface area (Å²) in [6.45, 7) is 4.05. The summed E-state index contributed by atoms with van der Waals surface area (Å²) in [6, 6.07) is 9.00. The van der Waals surface area contributed by atoms with Crippen molar-refractivity contribution in [3.8, 4) is 16.9 Å². The molecule has 7 nitrogen and oxygen atoms in total. The zero-order valence-corrected chi connectivity index (χ0v) is 15.3. The van der Waals surface area contributed by atoms with Crippen LogP contribution in [-0.2, 0) is 6.54 Å². The first-order valence-electron chi connectivity index (χ1n) is 8.49. The number of hydrogen-bond donors (Lipinski definition) is 0. The second-order valence-corrected chi connectivity index (χ2v) is 6.24. The lowest BCUT2D eigenvalue weighted by Gasteiger charge is -2.16. The smallest absolute Gasteiger partial charge is 0.251 e. The van der Waals surface area contributed by atoms with E-state index in [1.807, 2.05) is 32.0 Å². The van der Waals surface area contributed by atoms with E-state index in [-0.39, 0.29) is 5.56 Å². The molecule has 4 aromatic rings. The lowest BCUT2D eigenvalue weighted by molar-refractivity contribution is 0.393. The van der Waals surface area contributed by atoms with Gasteiger partial charge in [0.25, 0.3) is 5.56 Å². The van der Waals surface area contributed by atoms with Crippen LogP contribution in [0.1, 0.15) is 17.1 Å². The number of hydrogen-bond acceptors (Lipinski definition) is 6. The van der Waals surface area contributed by atoms with Gasteiger partial charge in [-0.05, 0) is 43.5 Å². The second kappa shape index (κ2) is 6.68. The molecule has 0 atom stereocenters. The highest BCUT2D eigenvalue weighted by atomic mass is 16.5. The van der Waals surface area contributed by atoms with Gasteiger partial charge in [0.2, 0.25) is 0 Å². The van der Waals surface area contributed by atoms with Crippen molar-refractivity contribution in [3.63, 3.8) is 0 Å². The van der Waals surface area contributed by atoms with Gasteiger partial charge in [-0.2, -0.15) is 0 Å². The average Bonchev–Trinajstić information content (AvgIpc) is 3.02. The third kappa shape index (κ3) is 2.87. The van der Waals surface area contributed by atoms with Gasteiger partial charge in [-0.3, -0.25) is 4.79 Å². The van der Waals surface area contributed by atoms with Crippen molar-refractivity contribution in [2.75, 3.05) is 7.11 Å². The molecule has 1 aromatic carbocycles. The Hall–Kier alpha value is -3.48. The molecular weight excluding hydrogens is 344 g/mol. The number of aryl methyl sites for hydroxylation is 2. The van der Waals surface area contributed by atoms with Crippen molar-refractivity contribution in [3.05, 3.63) is 70.4 Å². The van der Waals surface area contributed by atoms with E-state index in [1.165, 1.54) is 6.33 Å². The number of nitrogens with zero attached hydrogens (tertiary/aromatic N) is 4. The lowest BCUT2D eigenvalue weighted by Crippen LogP contribution is -2.21. The first-order valence-corrected chi connectivity index (χ1v) is 8.49. The molecule has 7 heteroatoms. The predicted molar refractivity (Wildman–Crippen MR) is 101 cm³/mol. The van der Waals surface area contributed by atoms with Crippen LogP contribution in [0.15, 0.2) is 52.2 Å². The van der Waals surface area contributed by atoms with Gasteiger partial charge in [0.05, 0.1) is 41.7 Å². The first kappa shape index (κ1) is 17.0. The number of benzene rings is 1. The van der Waals surface area contributed by atoms with Crippen LogP contribution in [0.5, 0.6) is 5.75 Å². The monoisotopic (exact) mass is 362 g/mol. The Labute approximate surface area is 155 Å². The quantitative estimate of drug-likeness (QED) is 0.555. The molecule has 136 valence electrons. The van der Waals surface area contributed by atoms with E-state index in [1.54, 1.807) is 30.0 Å². The van der Waals surface area contributed by atoms with Gasteiger partial charge in [-0.15, -0.1) is 0 Å². The van der Waals surface area contributed by atoms with Crippen LogP contribution in [0.25, 0.3) is 22.0 Å². The zero-order chi connectivity index (χ0) is 19.0. The van der Waals surface area contributed by atoms with Crippen LogP contribution in [0.3, 0.4) is 0 Å². The van der Waals surface area contributed by atoms with Crippen molar-refractivity contribution in [1.29, 1.82) is 0 Å². The lowest BCUT2D eigenvalue weighted by atomic mass is 9.99. The topological polar surface area (TPSA) is 83.0 Å². The van der Waals surface area contributed by atoms with Crippen molar-refractivity contribution in [2.45, 2.75) is 20.4 Å². The minimum Gasteiger partial charge on any atom is -0.496 e. The Morgan fingerprint density at radius 1 is 1.11 bits per heavy atom. The molecule has 0 fully saturated rings. The largest absolute Gasteiger partial charge is 0.496 e. The molecule has 0 N–H and O–H groups in total. The Morgan fingerprint density at radius 3 is 2.59 bits per heavy atom. The van der Waals surface area contributed by atoms with Crippen molar-refractivity contribution >= 4 is 10.9 Å². The van der Waals surface area contributed by atoms with Gasteiger partial charge in [0.1, 0.15) is 17.8 Å². The average molecular weight is 362 g/mol. The molecule has 0 bridgehead atoms. The van der Waals surface area contributed by atoms with Crippen LogP contribution >= 0.6 is 0 Å². The highest BCUT2D eigenvalue weighted by Gasteiger charge is 2.21. The standard InChI is InChI=1S/C20H18N4O3/c1-12-18(13(2)27-23-12)19-16(26-3)6-4-14-5-7-17(25)24(20(14)19)10-15-8-9-21-11-22-15/h4-9,11H,10H2,1-3H3. The van der Waals surface area contributed by atoms with E-state index in [0.29, 0.717) is 18.1 Å². The summed E-state index contributed by atoms with van der Waals surface area (Å²) in [6.07, 6.45) is 3.13. The summed E-state index contributed by atoms with van der Waals surface area (Å²) in [5, 5.41) is 4.99. The van der Waals surface area contributed by atoms with Crippen LogP contribution in [-0.4, -0.2) is 26.8 Å². The summed E-state index contributed by atoms with van der Waals surface area (Å²) < 4.78 is 12.7. The van der Waals surface area contributed by atoms with Crippen LogP contribution in [0.4, 0.5) is 0 Å². The SMILES string of the molecule is COc1ccc2ccc(=O)n(Cc3ccncn3)c2c1-c1c(C)noc1C. The van der Waals surface area contributed by atoms with Gasteiger partial charge < -0.3 is 13.8 Å². The van der Waals surface area contributed by atoms with Crippen molar-refractivity contribution in [2.24, 2.45) is 0 Å². The molecule has 0 saturated carbocycles. The van der Waals surface area contributed by atoms with Gasteiger partial charge in [0, 0.05) is 12.3 Å². The van der Waals surface area contributed by atoms with E-state index >= 15 is 0 Å². The zero-order valence-electron chi connectivity index (χ0n) is 15.3. The summed E-state index contributed by atoms with van der Waals surface area (Å²) >= 11 is 0. The maximum atomic E-state index is 12.8. The maximum absolute atomic E-state index is 12.8. The molecule has 3 heterocycles. The van der Waals surface area contributed by atoms with E-state index < -0.39 is 0 Å². The van der Waals surface area contributed by atoms with E-state index in [2.05, 4.69) is 15.1 Å². The number of methoxy groups -OCH3 is 1. The highest BCUT2D eigenvalue weighted by Crippen LogP contribution is 2.39. The van der Waals surface area contributed by atoms with E-state index in [0.717, 1.165) is 33.4 Å². The maximum Gasteiger partial charge on any atom is 0.251 e. The number of rotatable bonds is 4. The Balaban J connectivity index is 2.09. The molecule has 27 heavy (non-hydrogen) atoms. The van der Waals surface area contributed by atoms with Gasteiger partial charge in [0.15, 0.2) is 0 Å². The predicted octanol–water partition coefficient (Wildman–Crippen LogP) is 3.12. The summed E-state index contributed by atoms with van der Waals surface area (Å²) in [5.74, 6) is 1.32. The van der Waals surface area contributed by atoms with E-state index in [9.17, 15) is 4.79 Å². The van der Waals surface area contributed by atoms with Crippen LogP contribution in [0, 0.1) is 13.8 Å². The Kier molecular flexibility index (Phi) is 4.19. The highest BCUT2D eigenvalue weighted by molar-refractivity contribution is 5.98. The molecule has 0 radical (unpaired) electrons. The van der Waals surface area contributed by atoms with Crippen molar-refractivity contribution in [1.82, 2.24) is 19.7 Å². The third-order valence-electron chi connectivity index (χ3n) is 4.58. The summed E-state index contributed by atoms with van der Waals surface area (Å²) in [7, 11) is 1.61. The molecular formula is C20H18N4O3. The molecule has 0 aliphatic heterocycles. The van der Waals surface area contributed by atoms with Crippen LogP contribution in [0.2, 0.25) is 0 Å². The number of pyridine rings is 1. The minimum absolute atomic E-state index is 0.123. The van der Waals surface area contributed by atoms with E-state index in [4.69, 9.17) is 9.26 Å². The van der Waals surface area contributed by atoms with Crippen molar-refractivity contribution < 1.29 is 9.26 Å². The Morgan fingerprint density at radius 2 is 1.93 bits per heavy atom. The third-order valence-corrected chi connectivity index (χ3v) is 4.58. The molecule has 0 aliphatic carbocycles. The fraction of sp³-hybridized carbons (Fsp3) is 0.200. The molecule has 0 amide bonds. The normalized spacial score (nSPS) is 11.1. The molecule has 4 rings (SSSR count). The summed E-state index contributed by atoms with van der Waals surface area (Å²) in [5.41, 5.74) is 3.74. The first-order chi connectivity index (χ1) is 13.1. The number of aromatic nitrogens is 4. The molecule has 0 saturated heterocycles.